The maximum absolute atomic E-state index is 12.5. The fourth-order valence-electron chi connectivity index (χ4n) is 2.84. The van der Waals surface area contributed by atoms with Crippen LogP contribution in [0.4, 0.5) is 4.79 Å². The summed E-state index contributed by atoms with van der Waals surface area (Å²) in [5.74, 6) is -1.46. The first-order valence-electron chi connectivity index (χ1n) is 9.50. The van der Waals surface area contributed by atoms with Crippen molar-refractivity contribution < 1.29 is 28.7 Å². The van der Waals surface area contributed by atoms with Crippen LogP contribution < -0.4 is 10.6 Å². The van der Waals surface area contributed by atoms with Crippen molar-refractivity contribution in [2.75, 3.05) is 6.54 Å². The van der Waals surface area contributed by atoms with Crippen LogP contribution in [0, 0.1) is 0 Å². The second-order valence-electron chi connectivity index (χ2n) is 6.92. The van der Waals surface area contributed by atoms with Gasteiger partial charge in [0, 0.05) is 11.8 Å². The summed E-state index contributed by atoms with van der Waals surface area (Å²) in [6.07, 6.45) is -0.981. The quantitative estimate of drug-likeness (QED) is 0.365. The van der Waals surface area contributed by atoms with E-state index < -0.39 is 18.1 Å². The van der Waals surface area contributed by atoms with Gasteiger partial charge in [-0.1, -0.05) is 12.1 Å². The Morgan fingerprint density at radius 1 is 1.16 bits per heavy atom. The molecular weight excluding hydrogens is 422 g/mol. The van der Waals surface area contributed by atoms with Gasteiger partial charge in [-0.2, -0.15) is 0 Å². The third kappa shape index (κ3) is 5.54. The zero-order valence-corrected chi connectivity index (χ0v) is 17.8. The Morgan fingerprint density at radius 2 is 1.87 bits per heavy atom. The summed E-state index contributed by atoms with van der Waals surface area (Å²) in [5.41, 5.74) is 0.925. The van der Waals surface area contributed by atoms with Gasteiger partial charge >= 0.3 is 12.0 Å². The average molecular weight is 443 g/mol. The molecule has 1 atom stereocenters. The Kier molecular flexibility index (Phi) is 6.81. The summed E-state index contributed by atoms with van der Waals surface area (Å²) in [6.45, 7) is 3.33. The molecule has 4 amide bonds. The van der Waals surface area contributed by atoms with Crippen LogP contribution in [0.2, 0.25) is 0 Å². The van der Waals surface area contributed by atoms with Gasteiger partial charge in [0.2, 0.25) is 17.6 Å². The highest BCUT2D eigenvalue weighted by molar-refractivity contribution is 7.14. The Hall–Kier alpha value is -3.53. The molecule has 0 saturated carbocycles. The first-order valence-corrected chi connectivity index (χ1v) is 10.3. The lowest BCUT2D eigenvalue weighted by atomic mass is 10.1. The predicted octanol–water partition coefficient (Wildman–Crippen LogP) is 1.86. The third-order valence-electron chi connectivity index (χ3n) is 4.54. The predicted molar refractivity (Wildman–Crippen MR) is 111 cm³/mol. The second kappa shape index (κ2) is 9.52. The standard InChI is InChI=1S/C21H21N3O6S/c1-12(19(27)17-8-7-16(31-17)9-22-13(2)25)30-20(28)15-5-3-14(4-6-15)11-24-18(26)10-23-21(24)29/h3-8,12H,9-11H2,1-2H3,(H,22,25)(H,23,29). The van der Waals surface area contributed by atoms with E-state index in [1.54, 1.807) is 24.3 Å². The minimum absolute atomic E-state index is 0.0197. The number of rotatable bonds is 8. The Morgan fingerprint density at radius 3 is 2.48 bits per heavy atom. The highest BCUT2D eigenvalue weighted by Crippen LogP contribution is 2.20. The number of thiophene rings is 1. The van der Waals surface area contributed by atoms with E-state index in [0.29, 0.717) is 17.0 Å². The molecule has 1 aromatic carbocycles. The number of urea groups is 1. The van der Waals surface area contributed by atoms with Crippen molar-refractivity contribution in [2.45, 2.75) is 33.0 Å². The minimum Gasteiger partial charge on any atom is -0.451 e. The van der Waals surface area contributed by atoms with Crippen molar-refractivity contribution in [3.8, 4) is 0 Å². The molecule has 2 heterocycles. The van der Waals surface area contributed by atoms with Crippen LogP contribution >= 0.6 is 11.3 Å². The topological polar surface area (TPSA) is 122 Å². The number of ether oxygens (including phenoxy) is 1. The third-order valence-corrected chi connectivity index (χ3v) is 5.64. The molecule has 162 valence electrons. The van der Waals surface area contributed by atoms with Crippen molar-refractivity contribution in [3.05, 3.63) is 57.3 Å². The molecule has 1 aromatic heterocycles. The molecule has 1 aliphatic rings. The van der Waals surface area contributed by atoms with E-state index in [1.807, 2.05) is 0 Å². The van der Waals surface area contributed by atoms with Gasteiger partial charge in [0.05, 0.1) is 30.1 Å². The summed E-state index contributed by atoms with van der Waals surface area (Å²) in [6, 6.07) is 9.21. The Balaban J connectivity index is 1.56. The molecule has 1 aliphatic heterocycles. The number of benzene rings is 1. The summed E-state index contributed by atoms with van der Waals surface area (Å²) in [7, 11) is 0. The lowest BCUT2D eigenvalue weighted by Gasteiger charge is -2.13. The fourth-order valence-corrected chi connectivity index (χ4v) is 3.81. The maximum Gasteiger partial charge on any atom is 0.338 e. The van der Waals surface area contributed by atoms with E-state index in [9.17, 15) is 24.0 Å². The first kappa shape index (κ1) is 22.2. The number of imide groups is 1. The summed E-state index contributed by atoms with van der Waals surface area (Å²) >= 11 is 1.23. The molecule has 0 bridgehead atoms. The number of amides is 4. The van der Waals surface area contributed by atoms with Crippen molar-refractivity contribution in [1.82, 2.24) is 15.5 Å². The lowest BCUT2D eigenvalue weighted by Crippen LogP contribution is -2.30. The molecule has 2 N–H and O–H groups in total. The number of carbonyl (C=O) groups is 5. The van der Waals surface area contributed by atoms with E-state index in [1.165, 1.54) is 37.3 Å². The van der Waals surface area contributed by atoms with E-state index in [2.05, 4.69) is 10.6 Å². The minimum atomic E-state index is -0.981. The number of hydrogen-bond acceptors (Lipinski definition) is 7. The van der Waals surface area contributed by atoms with Gasteiger partial charge in [-0.3, -0.25) is 19.3 Å². The number of carbonyl (C=O) groups excluding carboxylic acids is 5. The normalized spacial score (nSPS) is 14.2. The Bertz CT molecular complexity index is 1010. The van der Waals surface area contributed by atoms with Crippen molar-refractivity contribution in [3.63, 3.8) is 0 Å². The van der Waals surface area contributed by atoms with Gasteiger partial charge in [0.1, 0.15) is 0 Å². The first-order chi connectivity index (χ1) is 14.7. The zero-order valence-electron chi connectivity index (χ0n) is 17.0. The number of ketones is 1. The van der Waals surface area contributed by atoms with Gasteiger partial charge in [-0.05, 0) is 36.8 Å². The summed E-state index contributed by atoms with van der Waals surface area (Å²) in [5, 5.41) is 5.10. The van der Waals surface area contributed by atoms with Crippen LogP contribution in [0.15, 0.2) is 36.4 Å². The van der Waals surface area contributed by atoms with Crippen LogP contribution in [0.1, 0.15) is 44.3 Å². The van der Waals surface area contributed by atoms with Crippen LogP contribution in [-0.4, -0.2) is 47.1 Å². The van der Waals surface area contributed by atoms with Crippen LogP contribution in [0.3, 0.4) is 0 Å². The number of hydrogen-bond donors (Lipinski definition) is 2. The number of esters is 1. The van der Waals surface area contributed by atoms with E-state index in [0.717, 1.165) is 9.78 Å². The molecule has 2 aromatic rings. The van der Waals surface area contributed by atoms with Gasteiger partial charge in [-0.25, -0.2) is 9.59 Å². The van der Waals surface area contributed by atoms with Gasteiger partial charge in [0.25, 0.3) is 0 Å². The largest absolute Gasteiger partial charge is 0.451 e. The van der Waals surface area contributed by atoms with E-state index in [-0.39, 0.29) is 36.3 Å². The highest BCUT2D eigenvalue weighted by atomic mass is 32.1. The van der Waals surface area contributed by atoms with Crippen LogP contribution in [0.25, 0.3) is 0 Å². The molecule has 0 radical (unpaired) electrons. The average Bonchev–Trinajstić information content (AvgIpc) is 3.34. The monoisotopic (exact) mass is 443 g/mol. The van der Waals surface area contributed by atoms with Gasteiger partial charge in [0.15, 0.2) is 6.10 Å². The molecule has 1 saturated heterocycles. The van der Waals surface area contributed by atoms with Gasteiger partial charge < -0.3 is 15.4 Å². The molecule has 0 spiro atoms. The highest BCUT2D eigenvalue weighted by Gasteiger charge is 2.28. The van der Waals surface area contributed by atoms with Crippen molar-refractivity contribution in [1.29, 1.82) is 0 Å². The fraction of sp³-hybridized carbons (Fsp3) is 0.286. The zero-order chi connectivity index (χ0) is 22.5. The van der Waals surface area contributed by atoms with Crippen LogP contribution in [0.5, 0.6) is 0 Å². The Labute approximate surface area is 182 Å². The maximum atomic E-state index is 12.5. The SMILES string of the molecule is CC(=O)NCc1ccc(C(=O)C(C)OC(=O)c2ccc(CN3C(=O)CNC3=O)cc2)s1. The van der Waals surface area contributed by atoms with E-state index >= 15 is 0 Å². The summed E-state index contributed by atoms with van der Waals surface area (Å²) < 4.78 is 5.29. The molecule has 9 nitrogen and oxygen atoms in total. The van der Waals surface area contributed by atoms with Crippen LogP contribution in [-0.2, 0) is 27.4 Å². The van der Waals surface area contributed by atoms with Crippen molar-refractivity contribution >= 4 is 40.9 Å². The molecule has 10 heteroatoms. The molecule has 1 unspecified atom stereocenters. The lowest BCUT2D eigenvalue weighted by molar-refractivity contribution is -0.125. The van der Waals surface area contributed by atoms with E-state index in [4.69, 9.17) is 4.74 Å². The smallest absolute Gasteiger partial charge is 0.338 e. The van der Waals surface area contributed by atoms with Crippen molar-refractivity contribution in [2.24, 2.45) is 0 Å². The molecule has 31 heavy (non-hydrogen) atoms. The number of Topliss-reactive ketones (excluding diaryl/α,β-unsaturated/α-hetero) is 1. The molecular formula is C21H21N3O6S. The second-order valence-corrected chi connectivity index (χ2v) is 8.09. The molecule has 1 fully saturated rings. The number of nitrogens with zero attached hydrogens (tertiary/aromatic N) is 1. The molecule has 0 aliphatic carbocycles. The van der Waals surface area contributed by atoms with Gasteiger partial charge in [-0.15, -0.1) is 11.3 Å². The number of nitrogens with one attached hydrogen (secondary N) is 2. The molecule has 3 rings (SSSR count). The summed E-state index contributed by atoms with van der Waals surface area (Å²) in [4.78, 5) is 61.5.